The number of rotatable bonds is 7. The van der Waals surface area contributed by atoms with Crippen molar-refractivity contribution in [2.75, 3.05) is 21.3 Å². The molecule has 2 aromatic rings. The smallest absolute Gasteiger partial charge is 0.175 e. The van der Waals surface area contributed by atoms with Crippen molar-refractivity contribution >= 4 is 15.9 Å². The molecule has 2 rings (SSSR count). The van der Waals surface area contributed by atoms with Crippen LogP contribution < -0.4 is 14.2 Å². The summed E-state index contributed by atoms with van der Waals surface area (Å²) >= 11 is 0. The van der Waals surface area contributed by atoms with E-state index in [0.29, 0.717) is 22.8 Å². The minimum atomic E-state index is -3.53. The Morgan fingerprint density at radius 2 is 1.60 bits per heavy atom. The Hall–Kier alpha value is -2.67. The van der Waals surface area contributed by atoms with Crippen LogP contribution in [-0.2, 0) is 15.6 Å². The maximum absolute atomic E-state index is 12.3. The van der Waals surface area contributed by atoms with Crippen molar-refractivity contribution in [1.29, 1.82) is 0 Å². The maximum atomic E-state index is 12.3. The lowest BCUT2D eigenvalue weighted by atomic mass is 10.1. The predicted molar refractivity (Wildman–Crippen MR) is 95.9 cm³/mol. The molecule has 0 saturated heterocycles. The van der Waals surface area contributed by atoms with Crippen molar-refractivity contribution < 1.29 is 27.7 Å². The van der Waals surface area contributed by atoms with Gasteiger partial charge in [0.05, 0.1) is 32.6 Å². The van der Waals surface area contributed by atoms with Crippen molar-refractivity contribution in [3.05, 3.63) is 52.9 Å². The van der Waals surface area contributed by atoms with Crippen LogP contribution in [0.1, 0.15) is 11.1 Å². The Morgan fingerprint density at radius 1 is 0.960 bits per heavy atom. The molecule has 0 aliphatic rings. The van der Waals surface area contributed by atoms with E-state index in [4.69, 9.17) is 14.2 Å². The van der Waals surface area contributed by atoms with Crippen LogP contribution >= 0.6 is 0 Å². The second-order valence-electron chi connectivity index (χ2n) is 5.22. The molecule has 1 N–H and O–H groups in total. The highest BCUT2D eigenvalue weighted by molar-refractivity contribution is 7.93. The Kier molecular flexibility index (Phi) is 5.93. The summed E-state index contributed by atoms with van der Waals surface area (Å²) in [6.07, 6.45) is 1.31. The van der Waals surface area contributed by atoms with Crippen LogP contribution in [0.4, 0.5) is 0 Å². The molecular weight excluding hydrogens is 344 g/mol. The highest BCUT2D eigenvalue weighted by atomic mass is 32.2. The van der Waals surface area contributed by atoms with Crippen LogP contribution in [0.3, 0.4) is 0 Å². The van der Waals surface area contributed by atoms with E-state index in [0.717, 1.165) is 5.41 Å². The van der Waals surface area contributed by atoms with Crippen LogP contribution in [0, 0.1) is 0 Å². The fourth-order valence-corrected chi connectivity index (χ4v) is 3.31. The third kappa shape index (κ3) is 4.90. The summed E-state index contributed by atoms with van der Waals surface area (Å²) in [5, 5.41) is 11.1. The van der Waals surface area contributed by atoms with E-state index in [-0.39, 0.29) is 17.1 Å². The van der Waals surface area contributed by atoms with E-state index in [9.17, 15) is 13.5 Å². The molecule has 0 fully saturated rings. The molecule has 0 amide bonds. The number of benzene rings is 2. The van der Waals surface area contributed by atoms with Gasteiger partial charge in [0, 0.05) is 17.5 Å². The molecule has 0 heterocycles. The molecule has 0 atom stereocenters. The zero-order valence-corrected chi connectivity index (χ0v) is 15.0. The first-order chi connectivity index (χ1) is 11.9. The standard InChI is InChI=1S/C18H20O6S/c1-22-14-6-4-13(5-7-14)12-25(20,21)9-8-16-17(19)10-15(23-2)11-18(16)24-3/h4-11,19H,12H2,1-3H3. The number of hydrogen-bond donors (Lipinski definition) is 1. The molecule has 0 aliphatic carbocycles. The minimum Gasteiger partial charge on any atom is -0.507 e. The molecule has 0 bridgehead atoms. The van der Waals surface area contributed by atoms with Gasteiger partial charge in [0.25, 0.3) is 0 Å². The van der Waals surface area contributed by atoms with Gasteiger partial charge in [0.15, 0.2) is 9.84 Å². The number of methoxy groups -OCH3 is 3. The molecule has 0 aliphatic heterocycles. The van der Waals surface area contributed by atoms with Crippen molar-refractivity contribution in [2.24, 2.45) is 0 Å². The van der Waals surface area contributed by atoms with Gasteiger partial charge in [0.1, 0.15) is 23.0 Å². The normalized spacial score (nSPS) is 11.5. The van der Waals surface area contributed by atoms with Gasteiger partial charge in [-0.25, -0.2) is 8.42 Å². The zero-order valence-electron chi connectivity index (χ0n) is 14.2. The molecular formula is C18H20O6S. The van der Waals surface area contributed by atoms with Gasteiger partial charge in [-0.1, -0.05) is 12.1 Å². The van der Waals surface area contributed by atoms with Gasteiger partial charge in [-0.15, -0.1) is 0 Å². The average Bonchev–Trinajstić information content (AvgIpc) is 2.60. The number of hydrogen-bond acceptors (Lipinski definition) is 6. The van der Waals surface area contributed by atoms with Crippen molar-refractivity contribution in [3.63, 3.8) is 0 Å². The van der Waals surface area contributed by atoms with Crippen molar-refractivity contribution in [3.8, 4) is 23.0 Å². The van der Waals surface area contributed by atoms with Crippen LogP contribution in [0.25, 0.3) is 6.08 Å². The molecule has 6 nitrogen and oxygen atoms in total. The Labute approximate surface area is 147 Å². The van der Waals surface area contributed by atoms with Gasteiger partial charge >= 0.3 is 0 Å². The Balaban J connectivity index is 2.24. The predicted octanol–water partition coefficient (Wildman–Crippen LogP) is 3.00. The first-order valence-electron chi connectivity index (χ1n) is 7.37. The number of aromatic hydroxyl groups is 1. The summed E-state index contributed by atoms with van der Waals surface area (Å²) in [7, 11) is 0.905. The maximum Gasteiger partial charge on any atom is 0.175 e. The molecule has 0 saturated carbocycles. The van der Waals surface area contributed by atoms with Crippen LogP contribution in [0.15, 0.2) is 41.8 Å². The minimum absolute atomic E-state index is 0.132. The fourth-order valence-electron chi connectivity index (χ4n) is 2.22. The quantitative estimate of drug-likeness (QED) is 0.813. The van der Waals surface area contributed by atoms with Crippen LogP contribution in [0.5, 0.6) is 23.0 Å². The number of phenols is 1. The third-order valence-electron chi connectivity index (χ3n) is 3.52. The van der Waals surface area contributed by atoms with Gasteiger partial charge in [-0.3, -0.25) is 0 Å². The Morgan fingerprint density at radius 3 is 2.16 bits per heavy atom. The summed E-state index contributed by atoms with van der Waals surface area (Å²) in [4.78, 5) is 0. The molecule has 0 spiro atoms. The number of sulfone groups is 1. The SMILES string of the molecule is COc1ccc(CS(=O)(=O)C=Cc2c(O)cc(OC)cc2OC)cc1. The second kappa shape index (κ2) is 7.94. The van der Waals surface area contributed by atoms with E-state index in [1.165, 1.54) is 26.4 Å². The zero-order chi connectivity index (χ0) is 18.4. The average molecular weight is 364 g/mol. The summed E-state index contributed by atoms with van der Waals surface area (Å²) in [6, 6.07) is 9.74. The van der Waals surface area contributed by atoms with Gasteiger partial charge < -0.3 is 19.3 Å². The molecule has 0 radical (unpaired) electrons. The number of ether oxygens (including phenoxy) is 3. The van der Waals surface area contributed by atoms with E-state index < -0.39 is 9.84 Å². The van der Waals surface area contributed by atoms with Crippen LogP contribution in [0.2, 0.25) is 0 Å². The lowest BCUT2D eigenvalue weighted by Crippen LogP contribution is -2.00. The van der Waals surface area contributed by atoms with Gasteiger partial charge in [-0.05, 0) is 23.8 Å². The van der Waals surface area contributed by atoms with Gasteiger partial charge in [0.2, 0.25) is 0 Å². The topological polar surface area (TPSA) is 82.1 Å². The van der Waals surface area contributed by atoms with E-state index in [1.54, 1.807) is 37.4 Å². The second-order valence-corrected chi connectivity index (χ2v) is 7.11. The van der Waals surface area contributed by atoms with E-state index in [1.807, 2.05) is 0 Å². The highest BCUT2D eigenvalue weighted by Crippen LogP contribution is 2.34. The van der Waals surface area contributed by atoms with E-state index >= 15 is 0 Å². The largest absolute Gasteiger partial charge is 0.507 e. The number of phenolic OH excluding ortho intramolecular Hbond substituents is 1. The van der Waals surface area contributed by atoms with E-state index in [2.05, 4.69) is 0 Å². The molecule has 134 valence electrons. The molecule has 0 aromatic heterocycles. The third-order valence-corrected chi connectivity index (χ3v) is 4.80. The molecule has 7 heteroatoms. The highest BCUT2D eigenvalue weighted by Gasteiger charge is 2.12. The van der Waals surface area contributed by atoms with Crippen LogP contribution in [-0.4, -0.2) is 34.9 Å². The molecule has 0 unspecified atom stereocenters. The summed E-state index contributed by atoms with van der Waals surface area (Å²) < 4.78 is 39.9. The lowest BCUT2D eigenvalue weighted by Gasteiger charge is -2.09. The van der Waals surface area contributed by atoms with Crippen molar-refractivity contribution in [2.45, 2.75) is 5.75 Å². The van der Waals surface area contributed by atoms with Gasteiger partial charge in [-0.2, -0.15) is 0 Å². The molecule has 25 heavy (non-hydrogen) atoms. The fraction of sp³-hybridized carbons (Fsp3) is 0.222. The Bertz CT molecular complexity index is 854. The first-order valence-corrected chi connectivity index (χ1v) is 9.09. The molecule has 2 aromatic carbocycles. The van der Waals surface area contributed by atoms with Crippen molar-refractivity contribution in [1.82, 2.24) is 0 Å². The monoisotopic (exact) mass is 364 g/mol. The summed E-state index contributed by atoms with van der Waals surface area (Å²) in [5.74, 6) is 1.09. The first kappa shape index (κ1) is 18.7. The lowest BCUT2D eigenvalue weighted by molar-refractivity contribution is 0.384. The summed E-state index contributed by atoms with van der Waals surface area (Å²) in [6.45, 7) is 0. The summed E-state index contributed by atoms with van der Waals surface area (Å²) in [5.41, 5.74) is 0.901.